The number of hydrogen-bond donors (Lipinski definition) is 4. The van der Waals surface area contributed by atoms with Crippen molar-refractivity contribution in [1.82, 2.24) is 0 Å². The van der Waals surface area contributed by atoms with E-state index in [9.17, 15) is 0 Å². The van der Waals surface area contributed by atoms with Crippen LogP contribution >= 0.6 is 74.0 Å². The van der Waals surface area contributed by atoms with Gasteiger partial charge in [0, 0.05) is 15.4 Å². The SMILES string of the molecule is CC(S)CC(S)C(SCS)SCS. The summed E-state index contributed by atoms with van der Waals surface area (Å²) in [6, 6.07) is 0. The zero-order valence-electron chi connectivity index (χ0n) is 7.46. The van der Waals surface area contributed by atoms with E-state index in [-0.39, 0.29) is 0 Å². The molecule has 0 aromatic rings. The molecule has 0 spiro atoms. The minimum Gasteiger partial charge on any atom is -0.176 e. The molecular weight excluding hydrogens is 276 g/mol. The molecule has 0 aliphatic rings. The average Bonchev–Trinajstić information content (AvgIpc) is 2.02. The van der Waals surface area contributed by atoms with Crippen LogP contribution in [0.5, 0.6) is 0 Å². The van der Waals surface area contributed by atoms with Gasteiger partial charge < -0.3 is 0 Å². The van der Waals surface area contributed by atoms with Crippen LogP contribution in [0.2, 0.25) is 0 Å². The molecule has 0 aliphatic heterocycles. The smallest absolute Gasteiger partial charge is 0.0635 e. The fourth-order valence-electron chi connectivity index (χ4n) is 0.878. The van der Waals surface area contributed by atoms with Crippen molar-refractivity contribution < 1.29 is 0 Å². The highest BCUT2D eigenvalue weighted by Gasteiger charge is 2.19. The Balaban J connectivity index is 3.86. The summed E-state index contributed by atoms with van der Waals surface area (Å²) in [6.07, 6.45) is 1.03. The van der Waals surface area contributed by atoms with E-state index in [4.69, 9.17) is 0 Å². The Labute approximate surface area is 112 Å². The highest BCUT2D eigenvalue weighted by molar-refractivity contribution is 8.23. The molecule has 6 heteroatoms. The highest BCUT2D eigenvalue weighted by Crippen LogP contribution is 2.33. The first-order chi connectivity index (χ1) is 6.11. The molecule has 0 amide bonds. The van der Waals surface area contributed by atoms with E-state index >= 15 is 0 Å². The van der Waals surface area contributed by atoms with E-state index in [1.165, 1.54) is 0 Å². The van der Waals surface area contributed by atoms with Crippen LogP contribution < -0.4 is 0 Å². The standard InChI is InChI=1S/C7H16S6/c1-5(10)2-6(11)7(12-3-8)13-4-9/h5-11H,2-4H2,1H3. The van der Waals surface area contributed by atoms with Crippen LogP contribution in [0.3, 0.4) is 0 Å². The molecule has 80 valence electrons. The summed E-state index contributed by atoms with van der Waals surface area (Å²) in [5, 5.41) is 2.46. The van der Waals surface area contributed by atoms with E-state index < -0.39 is 0 Å². The Morgan fingerprint density at radius 2 is 1.54 bits per heavy atom. The van der Waals surface area contributed by atoms with Crippen LogP contribution in [0.25, 0.3) is 0 Å². The second kappa shape index (κ2) is 9.33. The Morgan fingerprint density at radius 1 is 1.08 bits per heavy atom. The summed E-state index contributed by atoms with van der Waals surface area (Å²) in [7, 11) is 0. The molecule has 2 atom stereocenters. The van der Waals surface area contributed by atoms with Gasteiger partial charge in [-0.05, 0) is 11.7 Å². The maximum atomic E-state index is 4.57. The third-order valence-corrected chi connectivity index (χ3v) is 5.82. The van der Waals surface area contributed by atoms with Gasteiger partial charge in [-0.2, -0.15) is 50.5 Å². The summed E-state index contributed by atoms with van der Waals surface area (Å²) >= 11 is 21.0. The molecular formula is C7H16S6. The van der Waals surface area contributed by atoms with Gasteiger partial charge >= 0.3 is 0 Å². The number of rotatable bonds is 7. The van der Waals surface area contributed by atoms with Gasteiger partial charge in [0.05, 0.1) is 4.58 Å². The largest absolute Gasteiger partial charge is 0.176 e. The molecule has 0 aromatic carbocycles. The Bertz CT molecular complexity index is 112. The van der Waals surface area contributed by atoms with Crippen LogP contribution in [-0.2, 0) is 0 Å². The Morgan fingerprint density at radius 3 is 1.85 bits per heavy atom. The predicted molar refractivity (Wildman–Crippen MR) is 82.5 cm³/mol. The molecule has 2 unspecified atom stereocenters. The second-order valence-corrected chi connectivity index (χ2v) is 8.20. The van der Waals surface area contributed by atoms with E-state index in [2.05, 4.69) is 57.4 Å². The van der Waals surface area contributed by atoms with Crippen molar-refractivity contribution in [1.29, 1.82) is 0 Å². The minimum absolute atomic E-state index is 0.377. The molecule has 0 nitrogen and oxygen atoms in total. The van der Waals surface area contributed by atoms with Crippen LogP contribution in [0.1, 0.15) is 13.3 Å². The van der Waals surface area contributed by atoms with Crippen molar-refractivity contribution in [2.45, 2.75) is 28.4 Å². The van der Waals surface area contributed by atoms with E-state index in [0.29, 0.717) is 15.1 Å². The zero-order valence-corrected chi connectivity index (χ0v) is 12.7. The third-order valence-electron chi connectivity index (χ3n) is 1.37. The van der Waals surface area contributed by atoms with Gasteiger partial charge in [0.2, 0.25) is 0 Å². The fraction of sp³-hybridized carbons (Fsp3) is 1.00. The lowest BCUT2D eigenvalue weighted by Crippen LogP contribution is -2.17. The fourth-order valence-corrected chi connectivity index (χ4v) is 5.43. The molecule has 0 rings (SSSR count). The molecule has 0 aromatic heterocycles. The molecule has 0 radical (unpaired) electrons. The summed E-state index contributed by atoms with van der Waals surface area (Å²) in [4.78, 5) is 0. The topological polar surface area (TPSA) is 0 Å². The Kier molecular flexibility index (Phi) is 10.8. The summed E-state index contributed by atoms with van der Waals surface area (Å²) in [5.74, 6) is 0. The van der Waals surface area contributed by atoms with E-state index in [1.54, 1.807) is 0 Å². The van der Waals surface area contributed by atoms with Crippen LogP contribution in [0.4, 0.5) is 0 Å². The van der Waals surface area contributed by atoms with Crippen molar-refractivity contribution in [3.8, 4) is 0 Å². The van der Waals surface area contributed by atoms with Crippen LogP contribution in [0, 0.1) is 0 Å². The maximum absolute atomic E-state index is 4.57. The molecule has 0 fully saturated rings. The van der Waals surface area contributed by atoms with Gasteiger partial charge in [0.15, 0.2) is 0 Å². The molecule has 0 saturated heterocycles. The van der Waals surface area contributed by atoms with Crippen molar-refractivity contribution in [2.24, 2.45) is 0 Å². The highest BCUT2D eigenvalue weighted by atomic mass is 32.2. The molecule has 0 aliphatic carbocycles. The first-order valence-electron chi connectivity index (χ1n) is 3.92. The van der Waals surface area contributed by atoms with Crippen LogP contribution in [-0.4, -0.2) is 25.3 Å². The monoisotopic (exact) mass is 292 g/mol. The molecule has 0 bridgehead atoms. The molecule has 13 heavy (non-hydrogen) atoms. The second-order valence-electron chi connectivity index (χ2n) is 2.61. The van der Waals surface area contributed by atoms with Crippen molar-refractivity contribution in [3.63, 3.8) is 0 Å². The quantitative estimate of drug-likeness (QED) is 0.418. The van der Waals surface area contributed by atoms with Gasteiger partial charge in [0.25, 0.3) is 0 Å². The van der Waals surface area contributed by atoms with E-state index in [1.807, 2.05) is 23.5 Å². The van der Waals surface area contributed by atoms with Gasteiger partial charge in [-0.15, -0.1) is 23.5 Å². The lowest BCUT2D eigenvalue weighted by molar-refractivity contribution is 0.803. The van der Waals surface area contributed by atoms with Gasteiger partial charge in [-0.3, -0.25) is 0 Å². The van der Waals surface area contributed by atoms with Crippen molar-refractivity contribution in [2.75, 3.05) is 10.2 Å². The number of thioether (sulfide) groups is 2. The molecule has 0 N–H and O–H groups in total. The molecule has 0 saturated carbocycles. The predicted octanol–water partition coefficient (Wildman–Crippen LogP) is 3.56. The number of thiol groups is 4. The average molecular weight is 293 g/mol. The minimum atomic E-state index is 0.377. The lowest BCUT2D eigenvalue weighted by atomic mass is 10.2. The van der Waals surface area contributed by atoms with Gasteiger partial charge in [-0.1, -0.05) is 6.92 Å². The molecule has 0 heterocycles. The normalized spacial score (nSPS) is 16.2. The maximum Gasteiger partial charge on any atom is 0.0635 e. The number of hydrogen-bond acceptors (Lipinski definition) is 6. The van der Waals surface area contributed by atoms with Crippen molar-refractivity contribution in [3.05, 3.63) is 0 Å². The summed E-state index contributed by atoms with van der Waals surface area (Å²) in [5.41, 5.74) is 0. The summed E-state index contributed by atoms with van der Waals surface area (Å²) in [6.45, 7) is 2.10. The van der Waals surface area contributed by atoms with Gasteiger partial charge in [0.1, 0.15) is 0 Å². The van der Waals surface area contributed by atoms with E-state index in [0.717, 1.165) is 16.6 Å². The van der Waals surface area contributed by atoms with Gasteiger partial charge in [-0.25, -0.2) is 0 Å². The first-order valence-corrected chi connectivity index (χ1v) is 8.32. The van der Waals surface area contributed by atoms with Crippen LogP contribution in [0.15, 0.2) is 0 Å². The Hall–Kier alpha value is 2.10. The zero-order chi connectivity index (χ0) is 10.3. The lowest BCUT2D eigenvalue weighted by Gasteiger charge is -2.22. The van der Waals surface area contributed by atoms with Crippen molar-refractivity contribution >= 4 is 74.0 Å². The summed E-state index contributed by atoms with van der Waals surface area (Å²) < 4.78 is 0.480. The third kappa shape index (κ3) is 7.96. The first kappa shape index (κ1) is 15.1.